The van der Waals surface area contributed by atoms with Crippen molar-refractivity contribution in [3.63, 3.8) is 0 Å². The summed E-state index contributed by atoms with van der Waals surface area (Å²) >= 11 is 0. The summed E-state index contributed by atoms with van der Waals surface area (Å²) in [7, 11) is 0. The molecule has 0 radical (unpaired) electrons. The summed E-state index contributed by atoms with van der Waals surface area (Å²) in [6, 6.07) is -0.604. The molecule has 0 heterocycles. The lowest BCUT2D eigenvalue weighted by Crippen LogP contribution is -2.32. The van der Waals surface area contributed by atoms with Crippen LogP contribution < -0.4 is 0 Å². The van der Waals surface area contributed by atoms with Crippen LogP contribution in [-0.4, -0.2) is 16.7 Å². The number of Topliss-reactive ketones (excluding diaryl/α,β-unsaturated/α-hetero) is 1. The third-order valence-electron chi connectivity index (χ3n) is 4.15. The molecule has 2 aliphatic carbocycles. The van der Waals surface area contributed by atoms with Crippen LogP contribution in [0.15, 0.2) is 11.6 Å². The van der Waals surface area contributed by atoms with Crippen molar-refractivity contribution in [1.29, 1.82) is 0 Å². The van der Waals surface area contributed by atoms with E-state index in [0.29, 0.717) is 12.8 Å². The van der Waals surface area contributed by atoms with Gasteiger partial charge in [0, 0.05) is 23.7 Å². The van der Waals surface area contributed by atoms with Crippen LogP contribution in [0, 0.1) is 16.0 Å². The minimum absolute atomic E-state index is 0.0700. The molecule has 0 aromatic rings. The number of carbonyl (C=O) groups excluding carboxylic acids is 1. The van der Waals surface area contributed by atoms with Gasteiger partial charge in [-0.25, -0.2) is 0 Å². The van der Waals surface area contributed by atoms with Gasteiger partial charge in [0.05, 0.1) is 0 Å². The van der Waals surface area contributed by atoms with Crippen LogP contribution in [0.3, 0.4) is 0 Å². The van der Waals surface area contributed by atoms with Gasteiger partial charge in [-0.3, -0.25) is 14.9 Å². The van der Waals surface area contributed by atoms with Gasteiger partial charge in [0.2, 0.25) is 6.04 Å². The minimum atomic E-state index is -0.604. The summed E-state index contributed by atoms with van der Waals surface area (Å²) in [5.41, 5.74) is 0.978. The molecule has 4 heteroatoms. The van der Waals surface area contributed by atoms with E-state index in [9.17, 15) is 14.9 Å². The van der Waals surface area contributed by atoms with Crippen LogP contribution in [0.25, 0.3) is 0 Å². The number of nitro groups is 1. The average Bonchev–Trinajstić information content (AvgIpc) is 2.55. The first-order valence-corrected chi connectivity index (χ1v) is 7.02. The van der Waals surface area contributed by atoms with E-state index in [4.69, 9.17) is 0 Å². The van der Waals surface area contributed by atoms with E-state index in [1.165, 1.54) is 0 Å². The highest BCUT2D eigenvalue weighted by Gasteiger charge is 2.36. The fraction of sp³-hybridized carbons (Fsp3) is 0.786. The Kier molecular flexibility index (Phi) is 4.50. The number of allylic oxidation sites excluding steroid dienone is 1. The summed E-state index contributed by atoms with van der Waals surface area (Å²) < 4.78 is 0. The number of rotatable bonds is 3. The highest BCUT2D eigenvalue weighted by molar-refractivity contribution is 5.78. The third-order valence-corrected chi connectivity index (χ3v) is 4.15. The van der Waals surface area contributed by atoms with E-state index < -0.39 is 6.04 Å². The molecule has 0 amide bonds. The van der Waals surface area contributed by atoms with E-state index in [-0.39, 0.29) is 16.6 Å². The summed E-state index contributed by atoms with van der Waals surface area (Å²) in [5.74, 6) is 0.139. The maximum absolute atomic E-state index is 11.7. The van der Waals surface area contributed by atoms with Crippen molar-refractivity contribution in [2.45, 2.75) is 63.8 Å². The Morgan fingerprint density at radius 3 is 2.67 bits per heavy atom. The van der Waals surface area contributed by atoms with Gasteiger partial charge in [0.15, 0.2) is 0 Å². The number of ketones is 1. The molecule has 0 spiro atoms. The van der Waals surface area contributed by atoms with E-state index in [1.54, 1.807) is 0 Å². The Morgan fingerprint density at radius 2 is 2.00 bits per heavy atom. The zero-order valence-electron chi connectivity index (χ0n) is 10.8. The Hall–Kier alpha value is -1.19. The SMILES string of the molecule is O=C1CCCC[C@@H]([C@H](C2=CCCCC2)[N+](=O)[O-])C1. The molecular weight excluding hydrogens is 230 g/mol. The standard InChI is InChI=1S/C14H21NO3/c16-13-9-5-4-8-12(10-13)14(15(17)18)11-6-2-1-3-7-11/h6,12,14H,1-5,7-10H2/t12-,14+/m1/s1. The lowest BCUT2D eigenvalue weighted by molar-refractivity contribution is -0.522. The molecule has 0 bridgehead atoms. The second-order valence-corrected chi connectivity index (χ2v) is 5.50. The highest BCUT2D eigenvalue weighted by Crippen LogP contribution is 2.32. The Morgan fingerprint density at radius 1 is 1.22 bits per heavy atom. The lowest BCUT2D eigenvalue weighted by Gasteiger charge is -2.23. The fourth-order valence-electron chi connectivity index (χ4n) is 3.24. The summed E-state index contributed by atoms with van der Waals surface area (Å²) in [4.78, 5) is 22.9. The molecule has 0 saturated heterocycles. The van der Waals surface area contributed by atoms with Crippen LogP contribution in [0.2, 0.25) is 0 Å². The van der Waals surface area contributed by atoms with Crippen LogP contribution in [0.1, 0.15) is 57.8 Å². The molecule has 2 rings (SSSR count). The topological polar surface area (TPSA) is 60.2 Å². The molecule has 4 nitrogen and oxygen atoms in total. The molecule has 18 heavy (non-hydrogen) atoms. The summed E-state index contributed by atoms with van der Waals surface area (Å²) in [6.45, 7) is 0. The molecular formula is C14H21NO3. The molecule has 0 unspecified atom stereocenters. The predicted molar refractivity (Wildman–Crippen MR) is 68.9 cm³/mol. The number of hydrogen-bond acceptors (Lipinski definition) is 3. The van der Waals surface area contributed by atoms with E-state index >= 15 is 0 Å². The van der Waals surface area contributed by atoms with Crippen molar-refractivity contribution in [3.05, 3.63) is 21.8 Å². The zero-order chi connectivity index (χ0) is 13.0. The fourth-order valence-corrected chi connectivity index (χ4v) is 3.24. The number of nitrogens with zero attached hydrogens (tertiary/aromatic N) is 1. The molecule has 2 aliphatic rings. The molecule has 100 valence electrons. The van der Waals surface area contributed by atoms with Crippen molar-refractivity contribution < 1.29 is 9.72 Å². The van der Waals surface area contributed by atoms with Gasteiger partial charge >= 0.3 is 0 Å². The molecule has 1 saturated carbocycles. The summed E-state index contributed by atoms with van der Waals surface area (Å²) in [6.07, 6.45) is 9.74. The summed E-state index contributed by atoms with van der Waals surface area (Å²) in [5, 5.41) is 11.4. The zero-order valence-corrected chi connectivity index (χ0v) is 10.8. The van der Waals surface area contributed by atoms with Gasteiger partial charge in [0.1, 0.15) is 5.78 Å². The van der Waals surface area contributed by atoms with Gasteiger partial charge in [-0.15, -0.1) is 0 Å². The van der Waals surface area contributed by atoms with Gasteiger partial charge in [-0.05, 0) is 44.1 Å². The molecule has 0 aromatic heterocycles. The predicted octanol–water partition coefficient (Wildman–Crippen LogP) is 3.28. The average molecular weight is 251 g/mol. The second kappa shape index (κ2) is 6.12. The van der Waals surface area contributed by atoms with Gasteiger partial charge in [-0.1, -0.05) is 12.5 Å². The first kappa shape index (κ1) is 13.2. The van der Waals surface area contributed by atoms with Crippen molar-refractivity contribution in [1.82, 2.24) is 0 Å². The number of carbonyl (C=O) groups is 1. The van der Waals surface area contributed by atoms with E-state index in [1.807, 2.05) is 6.08 Å². The maximum Gasteiger partial charge on any atom is 0.237 e. The largest absolute Gasteiger partial charge is 0.300 e. The van der Waals surface area contributed by atoms with Crippen molar-refractivity contribution in [3.8, 4) is 0 Å². The highest BCUT2D eigenvalue weighted by atomic mass is 16.6. The Balaban J connectivity index is 2.15. The molecule has 0 aliphatic heterocycles. The molecule has 0 N–H and O–H groups in total. The molecule has 1 fully saturated rings. The van der Waals surface area contributed by atoms with Crippen LogP contribution in [0.5, 0.6) is 0 Å². The quantitative estimate of drug-likeness (QED) is 0.335. The first-order chi connectivity index (χ1) is 8.68. The van der Waals surface area contributed by atoms with Gasteiger partial charge in [0.25, 0.3) is 0 Å². The van der Waals surface area contributed by atoms with Crippen LogP contribution in [-0.2, 0) is 4.79 Å². The van der Waals surface area contributed by atoms with Gasteiger partial charge < -0.3 is 0 Å². The lowest BCUT2D eigenvalue weighted by atomic mass is 9.83. The van der Waals surface area contributed by atoms with Crippen molar-refractivity contribution in [2.24, 2.45) is 5.92 Å². The van der Waals surface area contributed by atoms with E-state index in [0.717, 1.165) is 50.5 Å². The normalized spacial score (nSPS) is 27.2. The third kappa shape index (κ3) is 3.18. The minimum Gasteiger partial charge on any atom is -0.300 e. The second-order valence-electron chi connectivity index (χ2n) is 5.50. The molecule has 0 aromatic carbocycles. The van der Waals surface area contributed by atoms with Crippen LogP contribution in [0.4, 0.5) is 0 Å². The monoisotopic (exact) mass is 251 g/mol. The van der Waals surface area contributed by atoms with Crippen molar-refractivity contribution in [2.75, 3.05) is 0 Å². The van der Waals surface area contributed by atoms with Crippen LogP contribution >= 0.6 is 0 Å². The Bertz CT molecular complexity index is 362. The van der Waals surface area contributed by atoms with Crippen molar-refractivity contribution >= 4 is 5.78 Å². The Labute approximate surface area is 108 Å². The first-order valence-electron chi connectivity index (χ1n) is 7.02. The van der Waals surface area contributed by atoms with Gasteiger partial charge in [-0.2, -0.15) is 0 Å². The molecule has 2 atom stereocenters. The smallest absolute Gasteiger partial charge is 0.237 e. The number of hydrogen-bond donors (Lipinski definition) is 0. The maximum atomic E-state index is 11.7. The van der Waals surface area contributed by atoms with E-state index in [2.05, 4.69) is 0 Å².